The van der Waals surface area contributed by atoms with Crippen LogP contribution in [-0.2, 0) is 0 Å². The second-order valence-corrected chi connectivity index (χ2v) is 2.69. The molecule has 64 valence electrons. The molecule has 1 aliphatic rings. The SMILES string of the molecule is Cc1cnc2c(c1N)OCCO2. The van der Waals surface area contributed by atoms with Crippen molar-refractivity contribution in [1.29, 1.82) is 0 Å². The van der Waals surface area contributed by atoms with Crippen LogP contribution >= 0.6 is 0 Å². The molecule has 0 radical (unpaired) electrons. The molecule has 0 saturated carbocycles. The molecule has 0 bridgehead atoms. The lowest BCUT2D eigenvalue weighted by Gasteiger charge is -2.19. The highest BCUT2D eigenvalue weighted by atomic mass is 16.6. The number of hydrogen-bond acceptors (Lipinski definition) is 4. The average molecular weight is 166 g/mol. The first kappa shape index (κ1) is 7.21. The van der Waals surface area contributed by atoms with Gasteiger partial charge in [-0.2, -0.15) is 0 Å². The van der Waals surface area contributed by atoms with Crippen molar-refractivity contribution in [1.82, 2.24) is 4.98 Å². The number of aromatic nitrogens is 1. The van der Waals surface area contributed by atoms with E-state index >= 15 is 0 Å². The lowest BCUT2D eigenvalue weighted by atomic mass is 10.2. The van der Waals surface area contributed by atoms with Crippen molar-refractivity contribution in [3.8, 4) is 11.6 Å². The van der Waals surface area contributed by atoms with E-state index in [4.69, 9.17) is 15.2 Å². The van der Waals surface area contributed by atoms with Crippen LogP contribution in [0.25, 0.3) is 0 Å². The number of anilines is 1. The van der Waals surface area contributed by atoms with Crippen LogP contribution in [0, 0.1) is 6.92 Å². The molecule has 0 fully saturated rings. The van der Waals surface area contributed by atoms with Gasteiger partial charge in [-0.1, -0.05) is 0 Å². The van der Waals surface area contributed by atoms with Crippen molar-refractivity contribution in [3.63, 3.8) is 0 Å². The topological polar surface area (TPSA) is 57.4 Å². The van der Waals surface area contributed by atoms with Crippen molar-refractivity contribution >= 4 is 5.69 Å². The number of nitrogens with two attached hydrogens (primary N) is 1. The van der Waals surface area contributed by atoms with Gasteiger partial charge in [0.2, 0.25) is 5.75 Å². The fraction of sp³-hybridized carbons (Fsp3) is 0.375. The maximum absolute atomic E-state index is 5.76. The summed E-state index contributed by atoms with van der Waals surface area (Å²) in [6.45, 7) is 2.98. The summed E-state index contributed by atoms with van der Waals surface area (Å²) in [5.74, 6) is 1.09. The Morgan fingerprint density at radius 2 is 2.17 bits per heavy atom. The van der Waals surface area contributed by atoms with Gasteiger partial charge in [0.15, 0.2) is 0 Å². The van der Waals surface area contributed by atoms with Gasteiger partial charge in [0.25, 0.3) is 5.88 Å². The van der Waals surface area contributed by atoms with E-state index in [0.717, 1.165) is 5.56 Å². The highest BCUT2D eigenvalue weighted by molar-refractivity contribution is 5.61. The number of nitrogen functional groups attached to an aromatic ring is 1. The lowest BCUT2D eigenvalue weighted by Crippen LogP contribution is -2.17. The summed E-state index contributed by atoms with van der Waals surface area (Å²) in [4.78, 5) is 4.05. The Balaban J connectivity index is 2.54. The predicted molar refractivity (Wildman–Crippen MR) is 44.4 cm³/mol. The summed E-state index contributed by atoms with van der Waals surface area (Å²) in [5, 5.41) is 0. The van der Waals surface area contributed by atoms with Crippen LogP contribution in [0.4, 0.5) is 5.69 Å². The molecule has 0 spiro atoms. The first-order valence-corrected chi connectivity index (χ1v) is 3.79. The van der Waals surface area contributed by atoms with E-state index in [9.17, 15) is 0 Å². The number of hydrogen-bond donors (Lipinski definition) is 1. The molecule has 1 aromatic heterocycles. The Kier molecular flexibility index (Phi) is 1.53. The van der Waals surface area contributed by atoms with Crippen LogP contribution in [0.1, 0.15) is 5.56 Å². The number of fused-ring (bicyclic) bond motifs is 1. The van der Waals surface area contributed by atoms with Crippen LogP contribution in [-0.4, -0.2) is 18.2 Å². The van der Waals surface area contributed by atoms with Crippen molar-refractivity contribution in [2.24, 2.45) is 0 Å². The smallest absolute Gasteiger partial charge is 0.259 e. The molecule has 4 nitrogen and oxygen atoms in total. The first-order chi connectivity index (χ1) is 5.79. The maximum atomic E-state index is 5.76. The summed E-state index contributed by atoms with van der Waals surface area (Å²) in [6, 6.07) is 0. The molecule has 0 amide bonds. The minimum Gasteiger partial charge on any atom is -0.483 e. The summed E-state index contributed by atoms with van der Waals surface area (Å²) < 4.78 is 10.6. The zero-order valence-electron chi connectivity index (χ0n) is 6.83. The molecule has 2 N–H and O–H groups in total. The van der Waals surface area contributed by atoms with Gasteiger partial charge in [-0.3, -0.25) is 0 Å². The lowest BCUT2D eigenvalue weighted by molar-refractivity contribution is 0.165. The summed E-state index contributed by atoms with van der Waals surface area (Å²) in [6.07, 6.45) is 1.68. The number of ether oxygens (including phenoxy) is 2. The number of nitrogens with zero attached hydrogens (tertiary/aromatic N) is 1. The van der Waals surface area contributed by atoms with Gasteiger partial charge in [-0.25, -0.2) is 4.98 Å². The Morgan fingerprint density at radius 3 is 3.00 bits per heavy atom. The van der Waals surface area contributed by atoms with Crippen molar-refractivity contribution in [3.05, 3.63) is 11.8 Å². The third-order valence-electron chi connectivity index (χ3n) is 1.81. The van der Waals surface area contributed by atoms with Gasteiger partial charge in [0.1, 0.15) is 13.2 Å². The molecule has 0 saturated heterocycles. The maximum Gasteiger partial charge on any atom is 0.259 e. The number of aryl methyl sites for hydroxylation is 1. The Labute approximate surface area is 70.3 Å². The largest absolute Gasteiger partial charge is 0.483 e. The van der Waals surface area contributed by atoms with E-state index in [-0.39, 0.29) is 0 Å². The van der Waals surface area contributed by atoms with Crippen LogP contribution in [0.15, 0.2) is 6.20 Å². The van der Waals surface area contributed by atoms with Gasteiger partial charge < -0.3 is 15.2 Å². The Hall–Kier alpha value is -1.45. The van der Waals surface area contributed by atoms with Gasteiger partial charge in [0.05, 0.1) is 5.69 Å². The molecule has 0 unspecified atom stereocenters. The Bertz CT molecular complexity index is 312. The van der Waals surface area contributed by atoms with Gasteiger partial charge in [-0.15, -0.1) is 0 Å². The van der Waals surface area contributed by atoms with Crippen molar-refractivity contribution in [2.45, 2.75) is 6.92 Å². The van der Waals surface area contributed by atoms with E-state index in [1.807, 2.05) is 6.92 Å². The first-order valence-electron chi connectivity index (χ1n) is 3.79. The summed E-state index contributed by atoms with van der Waals surface area (Å²) in [5.41, 5.74) is 7.30. The van der Waals surface area contributed by atoms with Crippen LogP contribution in [0.3, 0.4) is 0 Å². The van der Waals surface area contributed by atoms with E-state index in [1.165, 1.54) is 0 Å². The second kappa shape index (κ2) is 2.55. The third kappa shape index (κ3) is 0.958. The third-order valence-corrected chi connectivity index (χ3v) is 1.81. The zero-order valence-corrected chi connectivity index (χ0v) is 6.83. The number of rotatable bonds is 0. The van der Waals surface area contributed by atoms with E-state index < -0.39 is 0 Å². The van der Waals surface area contributed by atoms with E-state index in [2.05, 4.69) is 4.98 Å². The van der Waals surface area contributed by atoms with Gasteiger partial charge in [0, 0.05) is 6.20 Å². The van der Waals surface area contributed by atoms with Gasteiger partial charge in [-0.05, 0) is 12.5 Å². The zero-order chi connectivity index (χ0) is 8.55. The molecule has 2 rings (SSSR count). The molecule has 1 aromatic rings. The van der Waals surface area contributed by atoms with Crippen molar-refractivity contribution in [2.75, 3.05) is 18.9 Å². The molecule has 1 aliphatic heterocycles. The fourth-order valence-corrected chi connectivity index (χ4v) is 1.10. The standard InChI is InChI=1S/C8H10N2O2/c1-5-4-10-8-7(6(5)9)11-2-3-12-8/h4H,2-3H2,1H3,(H2,9,10). The summed E-state index contributed by atoms with van der Waals surface area (Å²) >= 11 is 0. The minimum atomic E-state index is 0.504. The van der Waals surface area contributed by atoms with Crippen molar-refractivity contribution < 1.29 is 9.47 Å². The molecule has 4 heteroatoms. The van der Waals surface area contributed by atoms with Crippen LogP contribution in [0.2, 0.25) is 0 Å². The second-order valence-electron chi connectivity index (χ2n) is 2.69. The minimum absolute atomic E-state index is 0.504. The molecule has 0 aromatic carbocycles. The fourth-order valence-electron chi connectivity index (χ4n) is 1.10. The molecule has 0 atom stereocenters. The monoisotopic (exact) mass is 166 g/mol. The highest BCUT2D eigenvalue weighted by Gasteiger charge is 2.16. The van der Waals surface area contributed by atoms with E-state index in [1.54, 1.807) is 6.20 Å². The predicted octanol–water partition coefficient (Wildman–Crippen LogP) is 0.743. The average Bonchev–Trinajstić information content (AvgIpc) is 2.12. The summed E-state index contributed by atoms with van der Waals surface area (Å²) in [7, 11) is 0. The molecule has 2 heterocycles. The highest BCUT2D eigenvalue weighted by Crippen LogP contribution is 2.35. The quantitative estimate of drug-likeness (QED) is 0.617. The van der Waals surface area contributed by atoms with Crippen LogP contribution < -0.4 is 15.2 Å². The van der Waals surface area contributed by atoms with Gasteiger partial charge >= 0.3 is 0 Å². The van der Waals surface area contributed by atoms with Crippen LogP contribution in [0.5, 0.6) is 11.6 Å². The molecule has 12 heavy (non-hydrogen) atoms. The molecular weight excluding hydrogens is 156 g/mol. The normalized spacial score (nSPS) is 14.4. The van der Waals surface area contributed by atoms with E-state index in [0.29, 0.717) is 30.5 Å². The number of pyridine rings is 1. The molecular formula is C8H10N2O2. The molecule has 0 aliphatic carbocycles. The Morgan fingerprint density at radius 1 is 1.42 bits per heavy atom.